The van der Waals surface area contributed by atoms with E-state index < -0.39 is 0 Å². The third-order valence-corrected chi connectivity index (χ3v) is 5.09. The summed E-state index contributed by atoms with van der Waals surface area (Å²) < 4.78 is 5.16. The van der Waals surface area contributed by atoms with Gasteiger partial charge in [-0.2, -0.15) is 0 Å². The SMILES string of the molecule is CCCCNC(=O)OCCc1ncc(-c2ccc(N=C(N)c3cccs3)cc2)[nH]1. The van der Waals surface area contributed by atoms with Crippen LogP contribution in [0.15, 0.2) is 53.0 Å². The minimum absolute atomic E-state index is 0.278. The maximum absolute atomic E-state index is 11.5. The van der Waals surface area contributed by atoms with Crippen LogP contribution in [0.3, 0.4) is 0 Å². The van der Waals surface area contributed by atoms with Crippen molar-refractivity contribution in [2.45, 2.75) is 26.2 Å². The number of benzene rings is 1. The van der Waals surface area contributed by atoms with E-state index in [4.69, 9.17) is 10.5 Å². The molecule has 7 nitrogen and oxygen atoms in total. The van der Waals surface area contributed by atoms with Crippen molar-refractivity contribution in [1.29, 1.82) is 0 Å². The van der Waals surface area contributed by atoms with Crippen LogP contribution in [-0.2, 0) is 11.2 Å². The zero-order valence-corrected chi connectivity index (χ0v) is 17.2. The number of nitrogens with one attached hydrogen (secondary N) is 2. The molecule has 0 aliphatic rings. The van der Waals surface area contributed by atoms with Crippen LogP contribution in [0.4, 0.5) is 10.5 Å². The lowest BCUT2D eigenvalue weighted by molar-refractivity contribution is 0.147. The van der Waals surface area contributed by atoms with Crippen LogP contribution in [0.2, 0.25) is 0 Å². The van der Waals surface area contributed by atoms with Crippen LogP contribution in [0.5, 0.6) is 0 Å². The van der Waals surface area contributed by atoms with Gasteiger partial charge in [-0.25, -0.2) is 14.8 Å². The lowest BCUT2D eigenvalue weighted by Crippen LogP contribution is -2.26. The smallest absolute Gasteiger partial charge is 0.407 e. The molecule has 2 aromatic heterocycles. The fourth-order valence-electron chi connectivity index (χ4n) is 2.63. The molecular formula is C21H25N5O2S. The number of carbonyl (C=O) groups is 1. The van der Waals surface area contributed by atoms with Gasteiger partial charge in [-0.05, 0) is 35.6 Å². The molecule has 29 heavy (non-hydrogen) atoms. The molecule has 1 amide bonds. The molecule has 4 N–H and O–H groups in total. The maximum Gasteiger partial charge on any atom is 0.407 e. The number of ether oxygens (including phenoxy) is 1. The second kappa shape index (κ2) is 10.4. The van der Waals surface area contributed by atoms with Gasteiger partial charge in [0.1, 0.15) is 18.3 Å². The van der Waals surface area contributed by atoms with E-state index in [-0.39, 0.29) is 12.7 Å². The molecule has 0 aliphatic carbocycles. The molecule has 0 saturated heterocycles. The predicted molar refractivity (Wildman–Crippen MR) is 117 cm³/mol. The van der Waals surface area contributed by atoms with Gasteiger partial charge in [0.25, 0.3) is 0 Å². The number of thiophene rings is 1. The summed E-state index contributed by atoms with van der Waals surface area (Å²) in [5, 5.41) is 4.69. The highest BCUT2D eigenvalue weighted by atomic mass is 32.1. The van der Waals surface area contributed by atoms with Crippen molar-refractivity contribution >= 4 is 29.0 Å². The monoisotopic (exact) mass is 411 g/mol. The van der Waals surface area contributed by atoms with Gasteiger partial charge in [-0.15, -0.1) is 11.3 Å². The van der Waals surface area contributed by atoms with E-state index in [0.29, 0.717) is 18.8 Å². The summed E-state index contributed by atoms with van der Waals surface area (Å²) in [6.45, 7) is 2.99. The van der Waals surface area contributed by atoms with Crippen LogP contribution >= 0.6 is 11.3 Å². The maximum atomic E-state index is 11.5. The number of H-pyrrole nitrogens is 1. The van der Waals surface area contributed by atoms with E-state index in [1.807, 2.05) is 41.8 Å². The van der Waals surface area contributed by atoms with Crippen molar-refractivity contribution in [3.8, 4) is 11.3 Å². The first-order chi connectivity index (χ1) is 14.2. The van der Waals surface area contributed by atoms with E-state index in [9.17, 15) is 4.79 Å². The highest BCUT2D eigenvalue weighted by Crippen LogP contribution is 2.22. The number of aliphatic imine (C=N–C) groups is 1. The van der Waals surface area contributed by atoms with Gasteiger partial charge in [-0.1, -0.05) is 31.5 Å². The third-order valence-electron chi connectivity index (χ3n) is 4.20. The number of rotatable bonds is 9. The Morgan fingerprint density at radius 1 is 1.31 bits per heavy atom. The zero-order chi connectivity index (χ0) is 20.5. The van der Waals surface area contributed by atoms with E-state index in [2.05, 4.69) is 27.2 Å². The van der Waals surface area contributed by atoms with Crippen molar-refractivity contribution in [3.63, 3.8) is 0 Å². The Bertz CT molecular complexity index is 932. The Hall–Kier alpha value is -3.13. The van der Waals surface area contributed by atoms with Gasteiger partial charge in [0.15, 0.2) is 0 Å². The van der Waals surface area contributed by atoms with E-state index in [1.54, 1.807) is 17.5 Å². The van der Waals surface area contributed by atoms with Gasteiger partial charge < -0.3 is 20.8 Å². The van der Waals surface area contributed by atoms with Gasteiger partial charge in [-0.3, -0.25) is 0 Å². The fourth-order valence-corrected chi connectivity index (χ4v) is 3.26. The quantitative estimate of drug-likeness (QED) is 0.278. The number of amides is 1. The van der Waals surface area contributed by atoms with Crippen molar-refractivity contribution in [1.82, 2.24) is 15.3 Å². The topological polar surface area (TPSA) is 105 Å². The van der Waals surface area contributed by atoms with Crippen molar-refractivity contribution in [2.24, 2.45) is 10.7 Å². The second-order valence-corrected chi connectivity index (χ2v) is 7.38. The molecular weight excluding hydrogens is 386 g/mol. The fraction of sp³-hybridized carbons (Fsp3) is 0.286. The minimum atomic E-state index is -0.386. The number of hydrogen-bond donors (Lipinski definition) is 3. The molecule has 8 heteroatoms. The Balaban J connectivity index is 1.52. The number of unbranched alkanes of at least 4 members (excludes halogenated alkanes) is 1. The van der Waals surface area contributed by atoms with Gasteiger partial charge in [0.05, 0.1) is 22.5 Å². The first-order valence-corrected chi connectivity index (χ1v) is 10.5. The number of hydrogen-bond acceptors (Lipinski definition) is 5. The molecule has 0 unspecified atom stereocenters. The molecule has 0 radical (unpaired) electrons. The van der Waals surface area contributed by atoms with Gasteiger partial charge in [0, 0.05) is 13.0 Å². The molecule has 0 fully saturated rings. The highest BCUT2D eigenvalue weighted by Gasteiger charge is 2.06. The van der Waals surface area contributed by atoms with Gasteiger partial charge >= 0.3 is 6.09 Å². The minimum Gasteiger partial charge on any atom is -0.449 e. The first kappa shape index (κ1) is 20.6. The summed E-state index contributed by atoms with van der Waals surface area (Å²) in [5.74, 6) is 1.28. The molecule has 2 heterocycles. The molecule has 0 spiro atoms. The Morgan fingerprint density at radius 2 is 2.14 bits per heavy atom. The summed E-state index contributed by atoms with van der Waals surface area (Å²) in [5.41, 5.74) is 8.72. The average molecular weight is 412 g/mol. The van der Waals surface area contributed by atoms with Crippen LogP contribution in [0.1, 0.15) is 30.5 Å². The number of nitrogens with two attached hydrogens (primary N) is 1. The third kappa shape index (κ3) is 6.18. The zero-order valence-electron chi connectivity index (χ0n) is 16.4. The average Bonchev–Trinajstić information content (AvgIpc) is 3.41. The van der Waals surface area contributed by atoms with Crippen LogP contribution in [0.25, 0.3) is 11.3 Å². The molecule has 0 bridgehead atoms. The number of amidine groups is 1. The number of imidazole rings is 1. The van der Waals surface area contributed by atoms with Crippen molar-refractivity contribution in [3.05, 3.63) is 58.7 Å². The van der Waals surface area contributed by atoms with Crippen LogP contribution in [-0.4, -0.2) is 35.0 Å². The van der Waals surface area contributed by atoms with E-state index >= 15 is 0 Å². The van der Waals surface area contributed by atoms with Crippen molar-refractivity contribution in [2.75, 3.05) is 13.2 Å². The number of nitrogens with zero attached hydrogens (tertiary/aromatic N) is 2. The number of alkyl carbamates (subject to hydrolysis) is 1. The predicted octanol–water partition coefficient (Wildman–Crippen LogP) is 4.24. The molecule has 0 saturated carbocycles. The highest BCUT2D eigenvalue weighted by molar-refractivity contribution is 7.12. The number of aromatic amines is 1. The standard InChI is InChI=1S/C21H25N5O2S/c1-2-3-11-23-21(27)28-12-10-19-24-14-17(26-19)15-6-8-16(9-7-15)25-20(22)18-5-4-13-29-18/h4-9,13-14H,2-3,10-12H2,1H3,(H2,22,25)(H,23,27)(H,24,26). The second-order valence-electron chi connectivity index (χ2n) is 6.43. The molecule has 0 aliphatic heterocycles. The summed E-state index contributed by atoms with van der Waals surface area (Å²) in [7, 11) is 0. The molecule has 3 rings (SSSR count). The summed E-state index contributed by atoms with van der Waals surface area (Å²) >= 11 is 1.56. The molecule has 0 atom stereocenters. The molecule has 152 valence electrons. The van der Waals surface area contributed by atoms with Crippen LogP contribution < -0.4 is 11.1 Å². The van der Waals surface area contributed by atoms with E-state index in [0.717, 1.165) is 40.5 Å². The molecule has 3 aromatic rings. The Morgan fingerprint density at radius 3 is 2.86 bits per heavy atom. The number of aromatic nitrogens is 2. The van der Waals surface area contributed by atoms with E-state index in [1.165, 1.54) is 0 Å². The van der Waals surface area contributed by atoms with Gasteiger partial charge in [0.2, 0.25) is 0 Å². The largest absolute Gasteiger partial charge is 0.449 e. The lowest BCUT2D eigenvalue weighted by atomic mass is 10.1. The van der Waals surface area contributed by atoms with Crippen molar-refractivity contribution < 1.29 is 9.53 Å². The summed E-state index contributed by atoms with van der Waals surface area (Å²) in [6.07, 6.45) is 3.89. The first-order valence-electron chi connectivity index (χ1n) is 9.58. The normalized spacial score (nSPS) is 11.4. The Labute approximate surface area is 174 Å². The lowest BCUT2D eigenvalue weighted by Gasteiger charge is -2.05. The number of carbonyl (C=O) groups excluding carboxylic acids is 1. The summed E-state index contributed by atoms with van der Waals surface area (Å²) in [4.78, 5) is 24.5. The molecule has 1 aromatic carbocycles. The Kier molecular flexibility index (Phi) is 7.40. The summed E-state index contributed by atoms with van der Waals surface area (Å²) in [6, 6.07) is 11.7. The van der Waals surface area contributed by atoms with Crippen LogP contribution in [0, 0.1) is 0 Å².